The van der Waals surface area contributed by atoms with Crippen LogP contribution in [-0.2, 0) is 9.59 Å². The second-order valence-electron chi connectivity index (χ2n) is 4.47. The van der Waals surface area contributed by atoms with Gasteiger partial charge in [-0.25, -0.2) is 0 Å². The highest BCUT2D eigenvalue weighted by Gasteiger charge is 2.28. The minimum absolute atomic E-state index is 0.249. The zero-order chi connectivity index (χ0) is 12.1. The van der Waals surface area contributed by atoms with Crippen LogP contribution in [0.4, 0.5) is 0 Å². The van der Waals surface area contributed by atoms with Crippen LogP contribution in [0.15, 0.2) is 0 Å². The lowest BCUT2D eigenvalue weighted by Crippen LogP contribution is -2.43. The van der Waals surface area contributed by atoms with E-state index in [1.807, 2.05) is 0 Å². The number of amides is 1. The van der Waals surface area contributed by atoms with Crippen molar-refractivity contribution in [2.45, 2.75) is 32.6 Å². The average molecular weight is 226 g/mol. The smallest absolute Gasteiger partial charge is 0.315 e. The van der Waals surface area contributed by atoms with Gasteiger partial charge < -0.3 is 10.0 Å². The lowest BCUT2D eigenvalue weighted by molar-refractivity contribution is -0.150. The summed E-state index contributed by atoms with van der Waals surface area (Å²) >= 11 is 0. The molecule has 1 aliphatic heterocycles. The molecule has 1 rings (SSSR count). The van der Waals surface area contributed by atoms with E-state index in [-0.39, 0.29) is 5.91 Å². The molecule has 1 fully saturated rings. The highest BCUT2D eigenvalue weighted by Crippen LogP contribution is 2.22. The Labute approximate surface area is 96.6 Å². The van der Waals surface area contributed by atoms with Gasteiger partial charge in [0.25, 0.3) is 0 Å². The molecule has 1 heterocycles. The van der Waals surface area contributed by atoms with Gasteiger partial charge in [0, 0.05) is 13.1 Å². The van der Waals surface area contributed by atoms with E-state index in [9.17, 15) is 9.59 Å². The summed E-state index contributed by atoms with van der Waals surface area (Å²) in [6.45, 7) is 6.67. The lowest BCUT2D eigenvalue weighted by Gasteiger charge is -2.32. The quantitative estimate of drug-likeness (QED) is 0.740. The molecule has 1 N–H and O–H groups in total. The summed E-state index contributed by atoms with van der Waals surface area (Å²) in [6.07, 6.45) is 4.00. The molecule has 1 atom stereocenters. The normalized spacial score (nSPS) is 19.5. The predicted octanol–water partition coefficient (Wildman–Crippen LogP) is 1.56. The van der Waals surface area contributed by atoms with E-state index < -0.39 is 11.9 Å². The second-order valence-corrected chi connectivity index (χ2v) is 4.47. The minimum Gasteiger partial charge on any atom is -0.481 e. The number of hydrogen-bond acceptors (Lipinski definition) is 2. The second kappa shape index (κ2) is 5.87. The first kappa shape index (κ1) is 13.0. The maximum atomic E-state index is 11.7. The summed E-state index contributed by atoms with van der Waals surface area (Å²) in [5, 5.41) is 8.76. The Hall–Kier alpha value is -1.06. The first-order chi connectivity index (χ1) is 7.56. The van der Waals surface area contributed by atoms with Crippen molar-refractivity contribution < 1.29 is 14.7 Å². The number of aliphatic carboxylic acids is 1. The van der Waals surface area contributed by atoms with Gasteiger partial charge in [0.2, 0.25) is 5.91 Å². The van der Waals surface area contributed by atoms with Crippen LogP contribution in [0.1, 0.15) is 32.6 Å². The van der Waals surface area contributed by atoms with Gasteiger partial charge in [-0.2, -0.15) is 0 Å². The maximum absolute atomic E-state index is 11.7. The summed E-state index contributed by atoms with van der Waals surface area (Å²) in [6, 6.07) is 0. The van der Waals surface area contributed by atoms with Gasteiger partial charge in [0.1, 0.15) is 5.92 Å². The summed E-state index contributed by atoms with van der Waals surface area (Å²) in [4.78, 5) is 24.1. The van der Waals surface area contributed by atoms with Crippen molar-refractivity contribution in [3.63, 3.8) is 0 Å². The fraction of sp³-hybridized carbons (Fsp3) is 0.750. The zero-order valence-corrected chi connectivity index (χ0v) is 9.82. The highest BCUT2D eigenvalue weighted by atomic mass is 16.4. The molecule has 4 heteroatoms. The van der Waals surface area contributed by atoms with Crippen LogP contribution in [-0.4, -0.2) is 35.0 Å². The van der Waals surface area contributed by atoms with Gasteiger partial charge in [-0.05, 0) is 25.7 Å². The van der Waals surface area contributed by atoms with E-state index in [4.69, 9.17) is 5.11 Å². The van der Waals surface area contributed by atoms with Gasteiger partial charge in [-0.3, -0.25) is 9.59 Å². The number of rotatable bonds is 4. The van der Waals surface area contributed by atoms with Gasteiger partial charge in [0.15, 0.2) is 0 Å². The van der Waals surface area contributed by atoms with Crippen molar-refractivity contribution in [2.24, 2.45) is 11.8 Å². The average Bonchev–Trinajstić information content (AvgIpc) is 2.28. The van der Waals surface area contributed by atoms with Crippen molar-refractivity contribution in [3.8, 4) is 0 Å². The number of hydrogen-bond donors (Lipinski definition) is 1. The van der Waals surface area contributed by atoms with Crippen LogP contribution < -0.4 is 0 Å². The monoisotopic (exact) mass is 226 g/mol. The predicted molar refractivity (Wildman–Crippen MR) is 60.7 cm³/mol. The third-order valence-electron chi connectivity index (χ3n) is 3.28. The number of piperidine rings is 1. The molecule has 1 aliphatic rings. The number of carbonyl (C=O) groups excluding carboxylic acids is 1. The Morgan fingerprint density at radius 3 is 2.44 bits per heavy atom. The van der Waals surface area contributed by atoms with Crippen LogP contribution in [0.2, 0.25) is 0 Å². The highest BCUT2D eigenvalue weighted by molar-refractivity contribution is 5.96. The first-order valence-electron chi connectivity index (χ1n) is 5.87. The van der Waals surface area contributed by atoms with Gasteiger partial charge in [-0.1, -0.05) is 19.8 Å². The maximum Gasteiger partial charge on any atom is 0.315 e. The molecule has 1 amide bonds. The molecule has 16 heavy (non-hydrogen) atoms. The number of carbonyl (C=O) groups is 2. The van der Waals surface area contributed by atoms with Gasteiger partial charge >= 0.3 is 5.97 Å². The first-order valence-corrected chi connectivity index (χ1v) is 5.87. The molecule has 1 saturated heterocycles. The third-order valence-corrected chi connectivity index (χ3v) is 3.28. The SMILES string of the molecule is [CH2]CCC1CCN(C(=O)C(C)C(=O)O)CC1. The molecule has 0 aromatic carbocycles. The van der Waals surface area contributed by atoms with Crippen LogP contribution in [0.3, 0.4) is 0 Å². The molecule has 4 nitrogen and oxygen atoms in total. The van der Waals surface area contributed by atoms with E-state index in [0.29, 0.717) is 19.0 Å². The van der Waals surface area contributed by atoms with Gasteiger partial charge in [0.05, 0.1) is 0 Å². The van der Waals surface area contributed by atoms with Crippen LogP contribution >= 0.6 is 0 Å². The lowest BCUT2D eigenvalue weighted by atomic mass is 9.92. The van der Waals surface area contributed by atoms with Crippen LogP contribution in [0, 0.1) is 18.8 Å². The van der Waals surface area contributed by atoms with Crippen molar-refractivity contribution in [3.05, 3.63) is 6.92 Å². The summed E-state index contributed by atoms with van der Waals surface area (Å²) < 4.78 is 0. The van der Waals surface area contributed by atoms with Crippen molar-refractivity contribution >= 4 is 11.9 Å². The molecule has 0 aromatic rings. The van der Waals surface area contributed by atoms with Crippen LogP contribution in [0.25, 0.3) is 0 Å². The van der Waals surface area contributed by atoms with E-state index >= 15 is 0 Å². The third kappa shape index (κ3) is 3.22. The Bertz CT molecular complexity index is 257. The Kier molecular flexibility index (Phi) is 4.77. The van der Waals surface area contributed by atoms with Crippen molar-refractivity contribution in [1.82, 2.24) is 4.90 Å². The number of carboxylic acids is 1. The van der Waals surface area contributed by atoms with E-state index in [0.717, 1.165) is 25.7 Å². The number of carboxylic acid groups (broad SMARTS) is 1. The van der Waals surface area contributed by atoms with E-state index in [1.54, 1.807) is 4.90 Å². The molecule has 0 aliphatic carbocycles. The number of likely N-dealkylation sites (tertiary alicyclic amines) is 1. The Balaban J connectivity index is 2.41. The largest absolute Gasteiger partial charge is 0.481 e. The van der Waals surface area contributed by atoms with Crippen molar-refractivity contribution in [2.75, 3.05) is 13.1 Å². The summed E-state index contributed by atoms with van der Waals surface area (Å²) in [5.74, 6) is -1.54. The van der Waals surface area contributed by atoms with Gasteiger partial charge in [-0.15, -0.1) is 0 Å². The fourth-order valence-electron chi connectivity index (χ4n) is 2.11. The Morgan fingerprint density at radius 1 is 1.44 bits per heavy atom. The van der Waals surface area contributed by atoms with E-state index in [1.165, 1.54) is 6.92 Å². The molecule has 1 radical (unpaired) electrons. The molecule has 0 spiro atoms. The topological polar surface area (TPSA) is 57.6 Å². The standard InChI is InChI=1S/C12H20NO3/c1-3-4-10-5-7-13(8-6-10)11(14)9(2)12(15)16/h9-10H,1,3-8H2,2H3,(H,15,16). The fourth-order valence-corrected chi connectivity index (χ4v) is 2.11. The molecule has 0 aromatic heterocycles. The zero-order valence-electron chi connectivity index (χ0n) is 9.82. The van der Waals surface area contributed by atoms with E-state index in [2.05, 4.69) is 6.92 Å². The van der Waals surface area contributed by atoms with Crippen molar-refractivity contribution in [1.29, 1.82) is 0 Å². The molecular formula is C12H20NO3. The Morgan fingerprint density at radius 2 is 2.00 bits per heavy atom. The molecule has 0 saturated carbocycles. The molecule has 91 valence electrons. The molecular weight excluding hydrogens is 206 g/mol. The molecule has 1 unspecified atom stereocenters. The summed E-state index contributed by atoms with van der Waals surface area (Å²) in [7, 11) is 0. The summed E-state index contributed by atoms with van der Waals surface area (Å²) in [5.41, 5.74) is 0. The minimum atomic E-state index is -1.04. The molecule has 0 bridgehead atoms. The van der Waals surface area contributed by atoms with Crippen LogP contribution in [0.5, 0.6) is 0 Å². The number of nitrogens with zero attached hydrogens (tertiary/aromatic N) is 1.